The molecular weight excluding hydrogens is 330 g/mol. The molecule has 1 atom stereocenters. The van der Waals surface area contributed by atoms with E-state index in [1.807, 2.05) is 27.2 Å². The molecule has 1 aromatic heterocycles. The number of nitrogens with zero attached hydrogens (tertiary/aromatic N) is 2. The van der Waals surface area contributed by atoms with E-state index in [9.17, 15) is 4.79 Å². The third kappa shape index (κ3) is 4.58. The number of likely N-dealkylation sites (N-methyl/N-ethyl adjacent to an activating group) is 1. The maximum Gasteiger partial charge on any atom is 0.237 e. The Bertz CT molecular complexity index is 480. The van der Waals surface area contributed by atoms with Gasteiger partial charge in [0.25, 0.3) is 0 Å². The lowest BCUT2D eigenvalue weighted by atomic mass is 9.95. The van der Waals surface area contributed by atoms with Crippen LogP contribution in [-0.2, 0) is 18.4 Å². The summed E-state index contributed by atoms with van der Waals surface area (Å²) in [6.45, 7) is 2.75. The standard InChI is InChI=1S/C16H26BrN3O/c1-12(16(21)18-14-7-5-4-6-8-14)19(2)11-15-9-13(17)10-20(15)3/h9-10,12,14H,4-8,11H2,1-3H3,(H,18,21). The van der Waals surface area contributed by atoms with Gasteiger partial charge in [-0.15, -0.1) is 0 Å². The van der Waals surface area contributed by atoms with Gasteiger partial charge in [0.2, 0.25) is 5.91 Å². The Morgan fingerprint density at radius 3 is 2.71 bits per heavy atom. The lowest BCUT2D eigenvalue weighted by Crippen LogP contribution is -2.47. The van der Waals surface area contributed by atoms with Gasteiger partial charge in [-0.1, -0.05) is 19.3 Å². The molecule has 0 bridgehead atoms. The average molecular weight is 356 g/mol. The summed E-state index contributed by atoms with van der Waals surface area (Å²) in [6, 6.07) is 2.37. The second-order valence-electron chi connectivity index (χ2n) is 6.20. The normalized spacial score (nSPS) is 18.0. The Hall–Kier alpha value is -0.810. The largest absolute Gasteiger partial charge is 0.352 e. The van der Waals surface area contributed by atoms with E-state index in [0.717, 1.165) is 23.9 Å². The molecule has 1 fully saturated rings. The second-order valence-corrected chi connectivity index (χ2v) is 7.11. The molecule has 1 N–H and O–H groups in total. The molecule has 1 saturated carbocycles. The number of halogens is 1. The van der Waals surface area contributed by atoms with Crippen molar-refractivity contribution >= 4 is 21.8 Å². The number of aromatic nitrogens is 1. The van der Waals surface area contributed by atoms with Gasteiger partial charge in [-0.25, -0.2) is 0 Å². The van der Waals surface area contributed by atoms with Crippen molar-refractivity contribution in [2.24, 2.45) is 7.05 Å². The number of amides is 1. The molecule has 0 radical (unpaired) electrons. The second kappa shape index (κ2) is 7.45. The maximum atomic E-state index is 12.4. The molecule has 1 aromatic rings. The van der Waals surface area contributed by atoms with Crippen LogP contribution in [0.1, 0.15) is 44.7 Å². The summed E-state index contributed by atoms with van der Waals surface area (Å²) in [5.41, 5.74) is 1.20. The summed E-state index contributed by atoms with van der Waals surface area (Å²) in [4.78, 5) is 14.5. The number of aryl methyl sites for hydroxylation is 1. The van der Waals surface area contributed by atoms with Crippen LogP contribution in [0.5, 0.6) is 0 Å². The predicted octanol–water partition coefficient (Wildman–Crippen LogP) is 3.06. The summed E-state index contributed by atoms with van der Waals surface area (Å²) in [5.74, 6) is 0.151. The highest BCUT2D eigenvalue weighted by molar-refractivity contribution is 9.10. The number of carbonyl (C=O) groups is 1. The molecule has 118 valence electrons. The molecule has 0 spiro atoms. The Morgan fingerprint density at radius 1 is 1.48 bits per heavy atom. The minimum absolute atomic E-state index is 0.111. The minimum atomic E-state index is -0.111. The molecule has 0 aromatic carbocycles. The molecule has 0 saturated heterocycles. The lowest BCUT2D eigenvalue weighted by molar-refractivity contribution is -0.126. The zero-order valence-electron chi connectivity index (χ0n) is 13.2. The SMILES string of the molecule is CC(C(=O)NC1CCCCC1)N(C)Cc1cc(Br)cn1C. The van der Waals surface area contributed by atoms with Crippen molar-refractivity contribution < 1.29 is 4.79 Å². The van der Waals surface area contributed by atoms with Crippen LogP contribution in [0.15, 0.2) is 16.7 Å². The Morgan fingerprint density at radius 2 is 2.14 bits per heavy atom. The van der Waals surface area contributed by atoms with E-state index in [1.165, 1.54) is 25.0 Å². The first-order valence-corrected chi connectivity index (χ1v) is 8.58. The van der Waals surface area contributed by atoms with Gasteiger partial charge in [0.15, 0.2) is 0 Å². The number of hydrogen-bond acceptors (Lipinski definition) is 2. The molecule has 0 aliphatic heterocycles. The van der Waals surface area contributed by atoms with Crippen molar-refractivity contribution in [3.05, 3.63) is 22.4 Å². The molecule has 2 rings (SSSR count). The molecule has 1 aliphatic carbocycles. The van der Waals surface area contributed by atoms with Crippen molar-refractivity contribution in [1.29, 1.82) is 0 Å². The fourth-order valence-electron chi connectivity index (χ4n) is 2.88. The Labute approximate surface area is 136 Å². The topological polar surface area (TPSA) is 37.3 Å². The highest BCUT2D eigenvalue weighted by Crippen LogP contribution is 2.18. The Balaban J connectivity index is 1.87. The van der Waals surface area contributed by atoms with Crippen LogP contribution < -0.4 is 5.32 Å². The van der Waals surface area contributed by atoms with Crippen LogP contribution in [0, 0.1) is 0 Å². The third-order valence-electron chi connectivity index (χ3n) is 4.48. The third-order valence-corrected chi connectivity index (χ3v) is 4.91. The summed E-state index contributed by atoms with van der Waals surface area (Å²) >= 11 is 3.49. The number of rotatable bonds is 5. The van der Waals surface area contributed by atoms with Crippen molar-refractivity contribution in [3.8, 4) is 0 Å². The van der Waals surface area contributed by atoms with Crippen LogP contribution in [0.3, 0.4) is 0 Å². The summed E-state index contributed by atoms with van der Waals surface area (Å²) in [6.07, 6.45) is 8.10. The van der Waals surface area contributed by atoms with Crippen LogP contribution >= 0.6 is 15.9 Å². The highest BCUT2D eigenvalue weighted by Gasteiger charge is 2.22. The maximum absolute atomic E-state index is 12.4. The molecular formula is C16H26BrN3O. The zero-order valence-corrected chi connectivity index (χ0v) is 14.8. The first-order valence-electron chi connectivity index (χ1n) is 7.78. The predicted molar refractivity (Wildman–Crippen MR) is 89.1 cm³/mol. The van der Waals surface area contributed by atoms with Gasteiger partial charge in [-0.05, 0) is 48.8 Å². The Kier molecular flexibility index (Phi) is 5.88. The van der Waals surface area contributed by atoms with Crippen molar-refractivity contribution in [3.63, 3.8) is 0 Å². The zero-order chi connectivity index (χ0) is 15.4. The van der Waals surface area contributed by atoms with E-state index in [0.29, 0.717) is 6.04 Å². The number of carbonyl (C=O) groups excluding carboxylic acids is 1. The van der Waals surface area contributed by atoms with E-state index in [4.69, 9.17) is 0 Å². The van der Waals surface area contributed by atoms with Gasteiger partial charge >= 0.3 is 0 Å². The van der Waals surface area contributed by atoms with Crippen LogP contribution in [0.25, 0.3) is 0 Å². The van der Waals surface area contributed by atoms with Gasteiger partial charge in [0.05, 0.1) is 6.04 Å². The smallest absolute Gasteiger partial charge is 0.237 e. The fourth-order valence-corrected chi connectivity index (χ4v) is 3.46. The first kappa shape index (κ1) is 16.6. The quantitative estimate of drug-likeness (QED) is 0.881. The van der Waals surface area contributed by atoms with E-state index >= 15 is 0 Å². The van der Waals surface area contributed by atoms with E-state index in [2.05, 4.69) is 36.8 Å². The lowest BCUT2D eigenvalue weighted by Gasteiger charge is -2.28. The summed E-state index contributed by atoms with van der Waals surface area (Å²) < 4.78 is 3.17. The van der Waals surface area contributed by atoms with Crippen LogP contribution in [0.4, 0.5) is 0 Å². The minimum Gasteiger partial charge on any atom is -0.352 e. The molecule has 5 heteroatoms. The van der Waals surface area contributed by atoms with E-state index in [1.54, 1.807) is 0 Å². The average Bonchev–Trinajstić information content (AvgIpc) is 2.77. The van der Waals surface area contributed by atoms with Crippen LogP contribution in [0.2, 0.25) is 0 Å². The van der Waals surface area contributed by atoms with E-state index in [-0.39, 0.29) is 11.9 Å². The van der Waals surface area contributed by atoms with Crippen molar-refractivity contribution in [1.82, 2.24) is 14.8 Å². The van der Waals surface area contributed by atoms with Gasteiger partial charge in [0, 0.05) is 36.0 Å². The number of nitrogens with one attached hydrogen (secondary N) is 1. The molecule has 1 heterocycles. The number of hydrogen-bond donors (Lipinski definition) is 1. The highest BCUT2D eigenvalue weighted by atomic mass is 79.9. The molecule has 1 aliphatic rings. The molecule has 4 nitrogen and oxygen atoms in total. The molecule has 1 amide bonds. The molecule has 21 heavy (non-hydrogen) atoms. The van der Waals surface area contributed by atoms with Gasteiger partial charge in [-0.3, -0.25) is 9.69 Å². The van der Waals surface area contributed by atoms with Gasteiger partial charge < -0.3 is 9.88 Å². The van der Waals surface area contributed by atoms with E-state index < -0.39 is 0 Å². The monoisotopic (exact) mass is 355 g/mol. The van der Waals surface area contributed by atoms with Crippen LogP contribution in [-0.4, -0.2) is 34.5 Å². The van der Waals surface area contributed by atoms with Gasteiger partial charge in [0.1, 0.15) is 0 Å². The van der Waals surface area contributed by atoms with Crippen molar-refractivity contribution in [2.75, 3.05) is 7.05 Å². The molecule has 1 unspecified atom stereocenters. The summed E-state index contributed by atoms with van der Waals surface area (Å²) in [7, 11) is 4.03. The summed E-state index contributed by atoms with van der Waals surface area (Å²) in [5, 5.41) is 3.21. The van der Waals surface area contributed by atoms with Gasteiger partial charge in [-0.2, -0.15) is 0 Å². The fraction of sp³-hybridized carbons (Fsp3) is 0.688. The first-order chi connectivity index (χ1) is 9.97. The van der Waals surface area contributed by atoms with Crippen molar-refractivity contribution in [2.45, 2.75) is 57.7 Å².